The van der Waals surface area contributed by atoms with E-state index in [4.69, 9.17) is 4.74 Å². The molecule has 1 amide bonds. The largest absolute Gasteiger partial charge is 0.444 e. The van der Waals surface area contributed by atoms with Crippen LogP contribution in [0.4, 0.5) is 10.5 Å². The molecule has 0 aliphatic rings. The van der Waals surface area contributed by atoms with E-state index in [-0.39, 0.29) is 6.04 Å². The minimum atomic E-state index is -2.69. The average molecular weight is 398 g/mol. The van der Waals surface area contributed by atoms with Gasteiger partial charge in [0.15, 0.2) is 0 Å². The van der Waals surface area contributed by atoms with Crippen LogP contribution in [0.1, 0.15) is 43.1 Å². The van der Waals surface area contributed by atoms with Gasteiger partial charge in [-0.2, -0.15) is 0 Å². The van der Waals surface area contributed by atoms with Crippen LogP contribution in [0, 0.1) is 6.92 Å². The minimum absolute atomic E-state index is 0.343. The zero-order valence-corrected chi connectivity index (χ0v) is 16.8. The highest BCUT2D eigenvalue weighted by Gasteiger charge is 2.22. The molecule has 0 saturated heterocycles. The Kier molecular flexibility index (Phi) is 6.60. The number of anilines is 1. The fourth-order valence-electron chi connectivity index (χ4n) is 2.28. The number of aromatic nitrogens is 1. The lowest BCUT2D eigenvalue weighted by Crippen LogP contribution is -2.36. The molecule has 0 aliphatic carbocycles. The molecule has 2 rings (SSSR count). The highest BCUT2D eigenvalue weighted by atomic mass is 32.2. The van der Waals surface area contributed by atoms with Gasteiger partial charge in [0.2, 0.25) is 10.9 Å². The van der Waals surface area contributed by atoms with Crippen LogP contribution in [0.2, 0.25) is 0 Å². The Balaban J connectivity index is 2.15. The van der Waals surface area contributed by atoms with E-state index < -0.39 is 22.6 Å². The summed E-state index contributed by atoms with van der Waals surface area (Å²) in [7, 11) is -2.69. The highest BCUT2D eigenvalue weighted by Crippen LogP contribution is 2.22. The number of benzene rings is 1. The summed E-state index contributed by atoms with van der Waals surface area (Å²) in [5.41, 5.74) is 1.60. The van der Waals surface area contributed by atoms with Crippen molar-refractivity contribution in [2.24, 2.45) is 0 Å². The van der Waals surface area contributed by atoms with Crippen LogP contribution in [0.15, 0.2) is 29.6 Å². The van der Waals surface area contributed by atoms with Gasteiger partial charge in [0.25, 0.3) is 0 Å². The van der Waals surface area contributed by atoms with E-state index in [0.717, 1.165) is 16.3 Å². The Morgan fingerprint density at radius 1 is 1.27 bits per heavy atom. The number of aryl methyl sites for hydroxylation is 1. The maximum absolute atomic E-state index is 12.2. The number of hydrogen-bond donors (Lipinski definition) is 3. The Morgan fingerprint density at radius 2 is 1.92 bits per heavy atom. The number of thiazole rings is 1. The standard InChI is InChI=1S/C17H23N3O4S2/c1-11-18-15(10-25-11)14(19-16(21)24-17(2,3)4)9-12-5-7-13(8-6-12)20-26(22)23/h5-8,10,14,26H,9H2,1-4H3,(H,19,21)(H,20,22,23)/t14-/m0/s1. The number of hydrogen-bond acceptors (Lipinski definition) is 6. The van der Waals surface area contributed by atoms with Crippen LogP contribution in [0.3, 0.4) is 0 Å². The van der Waals surface area contributed by atoms with Gasteiger partial charge >= 0.3 is 6.09 Å². The summed E-state index contributed by atoms with van der Waals surface area (Å²) in [5, 5.41) is 5.69. The summed E-state index contributed by atoms with van der Waals surface area (Å²) < 4.78 is 29.1. The van der Waals surface area contributed by atoms with Crippen LogP contribution in [-0.2, 0) is 22.0 Å². The van der Waals surface area contributed by atoms with E-state index in [1.807, 2.05) is 24.4 Å². The van der Waals surface area contributed by atoms with Crippen molar-refractivity contribution < 1.29 is 17.9 Å². The molecular weight excluding hydrogens is 374 g/mol. The van der Waals surface area contributed by atoms with Crippen molar-refractivity contribution in [2.45, 2.75) is 45.8 Å². The Morgan fingerprint density at radius 3 is 2.42 bits per heavy atom. The number of rotatable bonds is 6. The van der Waals surface area contributed by atoms with Crippen LogP contribution in [0.5, 0.6) is 0 Å². The monoisotopic (exact) mass is 397 g/mol. The number of nitrogens with zero attached hydrogens (tertiary/aromatic N) is 1. The second-order valence-corrected chi connectivity index (χ2v) is 8.56. The van der Waals surface area contributed by atoms with Gasteiger partial charge in [-0.15, -0.1) is 11.3 Å². The van der Waals surface area contributed by atoms with Gasteiger partial charge in [0, 0.05) is 11.1 Å². The molecule has 0 aliphatic heterocycles. The van der Waals surface area contributed by atoms with Crippen LogP contribution in [0.25, 0.3) is 0 Å². The predicted molar refractivity (Wildman–Crippen MR) is 103 cm³/mol. The van der Waals surface area contributed by atoms with Crippen molar-refractivity contribution in [1.29, 1.82) is 0 Å². The quantitative estimate of drug-likeness (QED) is 0.651. The molecular formula is C17H23N3O4S2. The fourth-order valence-corrected chi connectivity index (χ4v) is 3.30. The molecule has 1 aromatic heterocycles. The van der Waals surface area contributed by atoms with Crippen molar-refractivity contribution in [1.82, 2.24) is 10.3 Å². The Hall–Kier alpha value is -2.13. The second-order valence-electron chi connectivity index (χ2n) is 6.76. The summed E-state index contributed by atoms with van der Waals surface area (Å²) in [5.74, 6) is 0. The molecule has 2 N–H and O–H groups in total. The molecule has 1 heterocycles. The van der Waals surface area contributed by atoms with Crippen LogP contribution < -0.4 is 10.0 Å². The number of alkyl carbamates (subject to hydrolysis) is 1. The van der Waals surface area contributed by atoms with E-state index in [1.54, 1.807) is 32.9 Å². The average Bonchev–Trinajstić information content (AvgIpc) is 2.92. The van der Waals surface area contributed by atoms with Gasteiger partial charge in [-0.3, -0.25) is 4.72 Å². The van der Waals surface area contributed by atoms with Crippen molar-refractivity contribution in [2.75, 3.05) is 4.72 Å². The molecule has 1 aromatic carbocycles. The SMILES string of the molecule is Cc1nc([C@H](Cc2ccc(N[SH](=O)=O)cc2)NC(=O)OC(C)(C)C)cs1. The summed E-state index contributed by atoms with van der Waals surface area (Å²) in [6.07, 6.45) is 0.00134. The number of amides is 1. The molecule has 26 heavy (non-hydrogen) atoms. The molecule has 9 heteroatoms. The van der Waals surface area contributed by atoms with Crippen molar-refractivity contribution in [3.05, 3.63) is 45.9 Å². The third kappa shape index (κ3) is 6.64. The number of thiol groups is 1. The zero-order valence-electron chi connectivity index (χ0n) is 15.1. The Bertz CT molecular complexity index is 815. The van der Waals surface area contributed by atoms with Gasteiger partial charge < -0.3 is 10.1 Å². The molecule has 0 bridgehead atoms. The van der Waals surface area contributed by atoms with Gasteiger partial charge in [-0.25, -0.2) is 18.2 Å². The van der Waals surface area contributed by atoms with Crippen molar-refractivity contribution >= 4 is 34.0 Å². The lowest BCUT2D eigenvalue weighted by Gasteiger charge is -2.23. The minimum Gasteiger partial charge on any atom is -0.444 e. The summed E-state index contributed by atoms with van der Waals surface area (Å²) >= 11 is 1.51. The second kappa shape index (κ2) is 8.50. The molecule has 1 atom stereocenters. The molecule has 0 saturated carbocycles. The van der Waals surface area contributed by atoms with Crippen LogP contribution >= 0.6 is 11.3 Å². The van der Waals surface area contributed by atoms with Crippen LogP contribution in [-0.4, -0.2) is 25.1 Å². The highest BCUT2D eigenvalue weighted by molar-refractivity contribution is 7.73. The number of ether oxygens (including phenoxy) is 1. The van der Waals surface area contributed by atoms with E-state index >= 15 is 0 Å². The third-order valence-electron chi connectivity index (χ3n) is 3.30. The maximum Gasteiger partial charge on any atom is 0.408 e. The summed E-state index contributed by atoms with van der Waals surface area (Å²) in [6, 6.07) is 6.63. The predicted octanol–water partition coefficient (Wildman–Crippen LogP) is 3.20. The van der Waals surface area contributed by atoms with Crippen molar-refractivity contribution in [3.63, 3.8) is 0 Å². The first-order valence-electron chi connectivity index (χ1n) is 8.04. The molecule has 2 aromatic rings. The zero-order chi connectivity index (χ0) is 19.3. The first-order valence-corrected chi connectivity index (χ1v) is 10.1. The lowest BCUT2D eigenvalue weighted by atomic mass is 10.0. The van der Waals surface area contributed by atoms with E-state index in [9.17, 15) is 13.2 Å². The lowest BCUT2D eigenvalue weighted by molar-refractivity contribution is 0.0502. The van der Waals surface area contributed by atoms with E-state index in [0.29, 0.717) is 12.1 Å². The van der Waals surface area contributed by atoms with Gasteiger partial charge in [-0.1, -0.05) is 12.1 Å². The normalized spacial score (nSPS) is 12.7. The third-order valence-corrected chi connectivity index (χ3v) is 4.53. The van der Waals surface area contributed by atoms with E-state index in [2.05, 4.69) is 15.0 Å². The number of nitrogens with one attached hydrogen (secondary N) is 2. The number of carbonyl (C=O) groups is 1. The summed E-state index contributed by atoms with van der Waals surface area (Å²) in [4.78, 5) is 16.6. The van der Waals surface area contributed by atoms with Gasteiger partial charge in [0.05, 0.1) is 16.7 Å². The van der Waals surface area contributed by atoms with Gasteiger partial charge in [-0.05, 0) is 51.8 Å². The first kappa shape index (κ1) is 20.2. The number of carbonyl (C=O) groups excluding carboxylic acids is 1. The molecule has 0 radical (unpaired) electrons. The van der Waals surface area contributed by atoms with Crippen molar-refractivity contribution in [3.8, 4) is 0 Å². The van der Waals surface area contributed by atoms with E-state index in [1.165, 1.54) is 11.3 Å². The molecule has 0 spiro atoms. The maximum atomic E-state index is 12.2. The van der Waals surface area contributed by atoms with Gasteiger partial charge in [0.1, 0.15) is 5.60 Å². The topological polar surface area (TPSA) is 97.4 Å². The first-order chi connectivity index (χ1) is 12.1. The molecule has 142 valence electrons. The summed E-state index contributed by atoms with van der Waals surface area (Å²) in [6.45, 7) is 7.33. The Labute approximate surface area is 158 Å². The molecule has 0 fully saturated rings. The molecule has 7 nitrogen and oxygen atoms in total. The smallest absolute Gasteiger partial charge is 0.408 e. The molecule has 0 unspecified atom stereocenters. The fraction of sp³-hybridized carbons (Fsp3) is 0.412.